The van der Waals surface area contributed by atoms with Crippen LogP contribution < -0.4 is 10.0 Å². The second-order valence-corrected chi connectivity index (χ2v) is 6.31. The van der Waals surface area contributed by atoms with Crippen molar-refractivity contribution >= 4 is 21.9 Å². The van der Waals surface area contributed by atoms with Gasteiger partial charge >= 0.3 is 5.97 Å². The third-order valence-corrected chi connectivity index (χ3v) is 4.25. The van der Waals surface area contributed by atoms with Gasteiger partial charge in [-0.2, -0.15) is 0 Å². The quantitative estimate of drug-likeness (QED) is 0.428. The van der Waals surface area contributed by atoms with Crippen molar-refractivity contribution < 1.29 is 27.9 Å². The number of aliphatic carboxylic acids is 1. The van der Waals surface area contributed by atoms with Gasteiger partial charge in [-0.3, -0.25) is 4.79 Å². The Morgan fingerprint density at radius 2 is 1.96 bits per heavy atom. The molecule has 0 heterocycles. The minimum atomic E-state index is -3.60. The van der Waals surface area contributed by atoms with Gasteiger partial charge < -0.3 is 15.2 Å². The van der Waals surface area contributed by atoms with Gasteiger partial charge in [-0.15, -0.1) is 6.58 Å². The highest BCUT2D eigenvalue weighted by molar-refractivity contribution is 7.89. The predicted octanol–water partition coefficient (Wildman–Crippen LogP) is -0.0197. The first-order valence-electron chi connectivity index (χ1n) is 6.57. The van der Waals surface area contributed by atoms with Crippen LogP contribution in [-0.2, 0) is 19.6 Å². The molecule has 0 aliphatic heterocycles. The van der Waals surface area contributed by atoms with Crippen molar-refractivity contribution in [2.24, 2.45) is 0 Å². The van der Waals surface area contributed by atoms with Gasteiger partial charge in [0.1, 0.15) is 0 Å². The van der Waals surface area contributed by atoms with E-state index in [1.807, 2.05) is 0 Å². The van der Waals surface area contributed by atoms with E-state index in [0.29, 0.717) is 0 Å². The molecule has 0 bridgehead atoms. The highest BCUT2D eigenvalue weighted by Crippen LogP contribution is 2.10. The van der Waals surface area contributed by atoms with E-state index in [1.54, 1.807) is 0 Å². The number of amides is 1. The van der Waals surface area contributed by atoms with Crippen LogP contribution in [0.4, 0.5) is 0 Å². The molecule has 1 amide bonds. The fourth-order valence-corrected chi connectivity index (χ4v) is 2.32. The summed E-state index contributed by atoms with van der Waals surface area (Å²) in [6.45, 7) is 3.39. The largest absolute Gasteiger partial charge is 0.480 e. The first-order valence-corrected chi connectivity index (χ1v) is 8.06. The third kappa shape index (κ3) is 5.47. The summed E-state index contributed by atoms with van der Waals surface area (Å²) < 4.78 is 30.3. The number of sulfonamides is 1. The van der Waals surface area contributed by atoms with Crippen molar-refractivity contribution in [3.8, 4) is 0 Å². The van der Waals surface area contributed by atoms with Crippen LogP contribution in [0.2, 0.25) is 0 Å². The molecule has 1 aromatic rings. The van der Waals surface area contributed by atoms with E-state index in [9.17, 15) is 18.0 Å². The van der Waals surface area contributed by atoms with Crippen molar-refractivity contribution in [2.75, 3.05) is 20.3 Å². The zero-order valence-electron chi connectivity index (χ0n) is 12.5. The van der Waals surface area contributed by atoms with E-state index < -0.39 is 27.9 Å². The summed E-state index contributed by atoms with van der Waals surface area (Å²) in [6.07, 6.45) is 1.46. The average molecular weight is 342 g/mol. The maximum Gasteiger partial charge on any atom is 0.328 e. The second kappa shape index (κ2) is 8.42. The van der Waals surface area contributed by atoms with E-state index >= 15 is 0 Å². The topological polar surface area (TPSA) is 122 Å². The number of carboxylic acids is 1. The molecule has 1 rings (SSSR count). The van der Waals surface area contributed by atoms with Gasteiger partial charge in [-0.1, -0.05) is 6.08 Å². The lowest BCUT2D eigenvalue weighted by Gasteiger charge is -2.14. The maximum absolute atomic E-state index is 12.0. The fourth-order valence-electron chi connectivity index (χ4n) is 1.59. The van der Waals surface area contributed by atoms with Crippen molar-refractivity contribution in [1.82, 2.24) is 10.0 Å². The van der Waals surface area contributed by atoms with Gasteiger partial charge in [0.25, 0.3) is 5.91 Å². The molecule has 0 saturated carbocycles. The average Bonchev–Trinajstić information content (AvgIpc) is 2.53. The lowest BCUT2D eigenvalue weighted by molar-refractivity contribution is -0.140. The Hall–Kier alpha value is -2.23. The van der Waals surface area contributed by atoms with E-state index in [2.05, 4.69) is 16.6 Å². The summed E-state index contributed by atoms with van der Waals surface area (Å²) in [5, 5.41) is 11.3. The van der Waals surface area contributed by atoms with Gasteiger partial charge in [-0.25, -0.2) is 17.9 Å². The number of carbonyl (C=O) groups is 2. The number of rotatable bonds is 9. The Labute approximate surface area is 134 Å². The second-order valence-electron chi connectivity index (χ2n) is 4.42. The Morgan fingerprint density at radius 1 is 1.35 bits per heavy atom. The summed E-state index contributed by atoms with van der Waals surface area (Å²) >= 11 is 0. The zero-order chi connectivity index (χ0) is 17.5. The summed E-state index contributed by atoms with van der Waals surface area (Å²) in [7, 11) is -2.32. The van der Waals surface area contributed by atoms with Gasteiger partial charge in [-0.05, 0) is 31.3 Å². The van der Waals surface area contributed by atoms with Crippen LogP contribution in [0, 0.1) is 0 Å². The van der Waals surface area contributed by atoms with Gasteiger partial charge in [0.15, 0.2) is 6.04 Å². The number of benzene rings is 1. The molecule has 1 atom stereocenters. The smallest absolute Gasteiger partial charge is 0.328 e. The van der Waals surface area contributed by atoms with Gasteiger partial charge in [0, 0.05) is 5.56 Å². The van der Waals surface area contributed by atoms with Crippen molar-refractivity contribution in [1.29, 1.82) is 0 Å². The standard InChI is InChI=1S/C14H18N2O6S/c1-3-8-22-9-12(14(18)19)16-13(17)10-4-6-11(7-5-10)23(20,21)15-2/h3-7,12,15H,1,8-9H2,2H3,(H,16,17)(H,18,19). The summed E-state index contributed by atoms with van der Waals surface area (Å²) in [5.74, 6) is -1.88. The number of ether oxygens (including phenoxy) is 1. The molecule has 0 aliphatic carbocycles. The molecule has 0 saturated heterocycles. The van der Waals surface area contributed by atoms with Gasteiger partial charge in [0.05, 0.1) is 18.1 Å². The molecule has 0 fully saturated rings. The number of carbonyl (C=O) groups excluding carboxylic acids is 1. The fraction of sp³-hybridized carbons (Fsp3) is 0.286. The molecule has 23 heavy (non-hydrogen) atoms. The van der Waals surface area contributed by atoms with Crippen molar-refractivity contribution in [2.45, 2.75) is 10.9 Å². The molecule has 0 aromatic heterocycles. The minimum Gasteiger partial charge on any atom is -0.480 e. The maximum atomic E-state index is 12.0. The predicted molar refractivity (Wildman–Crippen MR) is 82.6 cm³/mol. The number of carboxylic acid groups (broad SMARTS) is 1. The van der Waals surface area contributed by atoms with E-state index in [0.717, 1.165) is 0 Å². The van der Waals surface area contributed by atoms with Crippen LogP contribution in [0.15, 0.2) is 41.8 Å². The van der Waals surface area contributed by atoms with Gasteiger partial charge in [0.2, 0.25) is 10.0 Å². The molecular weight excluding hydrogens is 324 g/mol. The molecule has 0 spiro atoms. The summed E-state index contributed by atoms with van der Waals surface area (Å²) in [5.41, 5.74) is 0.134. The molecule has 8 nitrogen and oxygen atoms in total. The van der Waals surface area contributed by atoms with Crippen molar-refractivity contribution in [3.05, 3.63) is 42.5 Å². The number of nitrogens with one attached hydrogen (secondary N) is 2. The van der Waals surface area contributed by atoms with Crippen LogP contribution >= 0.6 is 0 Å². The van der Waals surface area contributed by atoms with E-state index in [4.69, 9.17) is 9.84 Å². The molecular formula is C14H18N2O6S. The highest BCUT2D eigenvalue weighted by Gasteiger charge is 2.21. The molecule has 0 aliphatic rings. The van der Waals surface area contributed by atoms with Crippen LogP contribution in [0.25, 0.3) is 0 Å². The zero-order valence-corrected chi connectivity index (χ0v) is 13.3. The monoisotopic (exact) mass is 342 g/mol. The minimum absolute atomic E-state index is 0.000603. The Bertz CT molecular complexity index is 669. The normalized spacial score (nSPS) is 12.4. The molecule has 9 heteroatoms. The first-order chi connectivity index (χ1) is 10.8. The van der Waals surface area contributed by atoms with E-state index in [-0.39, 0.29) is 23.7 Å². The highest BCUT2D eigenvalue weighted by atomic mass is 32.2. The third-order valence-electron chi connectivity index (χ3n) is 2.82. The number of hydrogen-bond acceptors (Lipinski definition) is 5. The SMILES string of the molecule is C=CCOCC(NC(=O)c1ccc(S(=O)(=O)NC)cc1)C(=O)O. The summed E-state index contributed by atoms with van der Waals surface area (Å²) in [6, 6.07) is 3.88. The molecule has 0 radical (unpaired) electrons. The van der Waals surface area contributed by atoms with Crippen LogP contribution in [-0.4, -0.2) is 51.7 Å². The molecule has 126 valence electrons. The van der Waals surface area contributed by atoms with E-state index in [1.165, 1.54) is 37.4 Å². The molecule has 3 N–H and O–H groups in total. The lowest BCUT2D eigenvalue weighted by Crippen LogP contribution is -2.44. The van der Waals surface area contributed by atoms with Crippen LogP contribution in [0.3, 0.4) is 0 Å². The van der Waals surface area contributed by atoms with Crippen LogP contribution in [0.5, 0.6) is 0 Å². The first kappa shape index (κ1) is 18.8. The molecule has 1 unspecified atom stereocenters. The Morgan fingerprint density at radius 3 is 2.43 bits per heavy atom. The number of hydrogen-bond donors (Lipinski definition) is 3. The molecule has 1 aromatic carbocycles. The van der Waals surface area contributed by atoms with Crippen molar-refractivity contribution in [3.63, 3.8) is 0 Å². The Balaban J connectivity index is 2.80. The van der Waals surface area contributed by atoms with Crippen LogP contribution in [0.1, 0.15) is 10.4 Å². The Kier molecular flexibility index (Phi) is 6.89. The summed E-state index contributed by atoms with van der Waals surface area (Å²) in [4.78, 5) is 23.1. The lowest BCUT2D eigenvalue weighted by atomic mass is 10.2.